The van der Waals surface area contributed by atoms with Gasteiger partial charge in [-0.15, -0.1) is 0 Å². The number of hydrogen-bond donors (Lipinski definition) is 1. The average molecular weight is 338 g/mol. The molecule has 1 atom stereocenters. The van der Waals surface area contributed by atoms with Crippen LogP contribution < -0.4 is 10.1 Å². The van der Waals surface area contributed by atoms with Gasteiger partial charge in [0.25, 0.3) is 5.91 Å². The number of benzene rings is 2. The first-order valence-electron chi connectivity index (χ1n) is 6.86. The van der Waals surface area contributed by atoms with Gasteiger partial charge in [-0.1, -0.05) is 23.2 Å². The molecule has 0 unspecified atom stereocenters. The molecule has 2 aromatic carbocycles. The molecular formula is C17H17Cl2NO2. The molecule has 0 bridgehead atoms. The summed E-state index contributed by atoms with van der Waals surface area (Å²) < 4.78 is 5.65. The lowest BCUT2D eigenvalue weighted by molar-refractivity contribution is -0.122. The molecule has 2 rings (SSSR count). The van der Waals surface area contributed by atoms with Crippen LogP contribution in [-0.4, -0.2) is 12.0 Å². The van der Waals surface area contributed by atoms with E-state index in [0.29, 0.717) is 15.8 Å². The van der Waals surface area contributed by atoms with Crippen molar-refractivity contribution in [1.82, 2.24) is 0 Å². The first-order chi connectivity index (χ1) is 10.4. The fourth-order valence-corrected chi connectivity index (χ4v) is 2.29. The number of rotatable bonds is 4. The molecule has 5 heteroatoms. The van der Waals surface area contributed by atoms with Gasteiger partial charge in [0, 0.05) is 15.7 Å². The minimum absolute atomic E-state index is 0.224. The third-order valence-corrected chi connectivity index (χ3v) is 3.92. The Morgan fingerprint density at radius 3 is 2.45 bits per heavy atom. The van der Waals surface area contributed by atoms with E-state index in [9.17, 15) is 4.79 Å². The van der Waals surface area contributed by atoms with Crippen molar-refractivity contribution in [2.45, 2.75) is 26.9 Å². The molecule has 0 saturated carbocycles. The van der Waals surface area contributed by atoms with Gasteiger partial charge in [-0.3, -0.25) is 4.79 Å². The first-order valence-corrected chi connectivity index (χ1v) is 7.62. The second kappa shape index (κ2) is 7.03. The van der Waals surface area contributed by atoms with E-state index >= 15 is 0 Å². The number of ether oxygens (including phenoxy) is 1. The first kappa shape index (κ1) is 16.7. The smallest absolute Gasteiger partial charge is 0.265 e. The minimum atomic E-state index is -0.629. The van der Waals surface area contributed by atoms with Crippen LogP contribution in [-0.2, 0) is 4.79 Å². The summed E-state index contributed by atoms with van der Waals surface area (Å²) in [5.41, 5.74) is 2.52. The van der Waals surface area contributed by atoms with E-state index < -0.39 is 6.10 Å². The monoisotopic (exact) mass is 337 g/mol. The SMILES string of the molecule is Cc1cc(O[C@H](C)C(=O)Nc2ccc(Cl)cc2C)ccc1Cl. The van der Waals surface area contributed by atoms with E-state index in [1.807, 2.05) is 13.8 Å². The van der Waals surface area contributed by atoms with Gasteiger partial charge in [0.05, 0.1) is 0 Å². The zero-order valence-corrected chi connectivity index (χ0v) is 14.1. The highest BCUT2D eigenvalue weighted by atomic mass is 35.5. The van der Waals surface area contributed by atoms with Crippen LogP contribution in [0.15, 0.2) is 36.4 Å². The largest absolute Gasteiger partial charge is 0.481 e. The number of amides is 1. The quantitative estimate of drug-likeness (QED) is 0.850. The van der Waals surface area contributed by atoms with Crippen LogP contribution in [0.3, 0.4) is 0 Å². The van der Waals surface area contributed by atoms with Gasteiger partial charge in [0.2, 0.25) is 0 Å². The van der Waals surface area contributed by atoms with Crippen LogP contribution in [0.25, 0.3) is 0 Å². The predicted octanol–water partition coefficient (Wildman–Crippen LogP) is 5.02. The molecule has 1 amide bonds. The zero-order valence-electron chi connectivity index (χ0n) is 12.6. The van der Waals surface area contributed by atoms with Crippen molar-refractivity contribution < 1.29 is 9.53 Å². The average Bonchev–Trinajstić information content (AvgIpc) is 2.45. The number of anilines is 1. The number of hydrogen-bond acceptors (Lipinski definition) is 2. The lowest BCUT2D eigenvalue weighted by Crippen LogP contribution is -2.30. The lowest BCUT2D eigenvalue weighted by Gasteiger charge is -2.16. The molecule has 3 nitrogen and oxygen atoms in total. The summed E-state index contributed by atoms with van der Waals surface area (Å²) in [4.78, 5) is 12.2. The van der Waals surface area contributed by atoms with E-state index in [0.717, 1.165) is 16.8 Å². The molecule has 1 N–H and O–H groups in total. The Morgan fingerprint density at radius 1 is 1.09 bits per heavy atom. The number of halogens is 2. The third kappa shape index (κ3) is 4.15. The maximum Gasteiger partial charge on any atom is 0.265 e. The fraction of sp³-hybridized carbons (Fsp3) is 0.235. The summed E-state index contributed by atoms with van der Waals surface area (Å²) in [6, 6.07) is 10.6. The van der Waals surface area contributed by atoms with Crippen LogP contribution in [0.5, 0.6) is 5.75 Å². The fourth-order valence-electron chi connectivity index (χ4n) is 1.95. The van der Waals surface area contributed by atoms with Gasteiger partial charge in [0.1, 0.15) is 5.75 Å². The number of carbonyl (C=O) groups is 1. The highest BCUT2D eigenvalue weighted by Crippen LogP contribution is 2.23. The van der Waals surface area contributed by atoms with Gasteiger partial charge in [-0.05, 0) is 68.3 Å². The highest BCUT2D eigenvalue weighted by molar-refractivity contribution is 6.31. The molecular weight excluding hydrogens is 321 g/mol. The molecule has 0 aliphatic carbocycles. The normalized spacial score (nSPS) is 11.9. The van der Waals surface area contributed by atoms with Crippen molar-refractivity contribution >= 4 is 34.8 Å². The van der Waals surface area contributed by atoms with E-state index in [1.54, 1.807) is 43.3 Å². The topological polar surface area (TPSA) is 38.3 Å². The van der Waals surface area contributed by atoms with Gasteiger partial charge in [0.15, 0.2) is 6.10 Å². The van der Waals surface area contributed by atoms with Gasteiger partial charge < -0.3 is 10.1 Å². The van der Waals surface area contributed by atoms with E-state index in [2.05, 4.69) is 5.32 Å². The molecule has 2 aromatic rings. The summed E-state index contributed by atoms with van der Waals surface area (Å²) in [7, 11) is 0. The predicted molar refractivity (Wildman–Crippen MR) is 91.1 cm³/mol. The number of nitrogens with one attached hydrogen (secondary N) is 1. The third-order valence-electron chi connectivity index (χ3n) is 3.26. The van der Waals surface area contributed by atoms with E-state index in [-0.39, 0.29) is 5.91 Å². The summed E-state index contributed by atoms with van der Waals surface area (Å²) >= 11 is 11.9. The van der Waals surface area contributed by atoms with Crippen molar-refractivity contribution in [2.24, 2.45) is 0 Å². The molecule has 0 spiro atoms. The van der Waals surface area contributed by atoms with Crippen LogP contribution in [0.4, 0.5) is 5.69 Å². The number of carbonyl (C=O) groups excluding carboxylic acids is 1. The molecule has 0 heterocycles. The standard InChI is InChI=1S/C17H17Cl2NO2/c1-10-9-14(5-6-15(10)19)22-12(3)17(21)20-16-7-4-13(18)8-11(16)2/h4-9,12H,1-3H3,(H,20,21)/t12-/m1/s1. The molecule has 0 aromatic heterocycles. The maximum atomic E-state index is 12.2. The summed E-state index contributed by atoms with van der Waals surface area (Å²) in [6.45, 7) is 5.47. The van der Waals surface area contributed by atoms with Gasteiger partial charge in [-0.2, -0.15) is 0 Å². The molecule has 0 radical (unpaired) electrons. The van der Waals surface area contributed by atoms with Gasteiger partial charge >= 0.3 is 0 Å². The summed E-state index contributed by atoms with van der Waals surface area (Å²) in [5, 5.41) is 4.14. The van der Waals surface area contributed by atoms with E-state index in [4.69, 9.17) is 27.9 Å². The summed E-state index contributed by atoms with van der Waals surface area (Å²) in [6.07, 6.45) is -0.629. The van der Waals surface area contributed by atoms with Crippen LogP contribution >= 0.6 is 23.2 Å². The molecule has 116 valence electrons. The Labute approximate surface area is 140 Å². The highest BCUT2D eigenvalue weighted by Gasteiger charge is 2.16. The van der Waals surface area contributed by atoms with Gasteiger partial charge in [-0.25, -0.2) is 0 Å². The van der Waals surface area contributed by atoms with E-state index in [1.165, 1.54) is 0 Å². The van der Waals surface area contributed by atoms with Crippen molar-refractivity contribution in [3.63, 3.8) is 0 Å². The minimum Gasteiger partial charge on any atom is -0.481 e. The maximum absolute atomic E-state index is 12.2. The molecule has 0 aliphatic heterocycles. The molecule has 0 fully saturated rings. The summed E-state index contributed by atoms with van der Waals surface area (Å²) in [5.74, 6) is 0.385. The molecule has 0 aliphatic rings. The number of aryl methyl sites for hydroxylation is 2. The molecule has 22 heavy (non-hydrogen) atoms. The van der Waals surface area contributed by atoms with Crippen LogP contribution in [0.2, 0.25) is 10.0 Å². The van der Waals surface area contributed by atoms with Crippen molar-refractivity contribution in [1.29, 1.82) is 0 Å². The zero-order chi connectivity index (χ0) is 16.3. The Kier molecular flexibility index (Phi) is 5.33. The van der Waals surface area contributed by atoms with Crippen molar-refractivity contribution in [3.8, 4) is 5.75 Å². The second-order valence-electron chi connectivity index (χ2n) is 5.12. The van der Waals surface area contributed by atoms with Crippen LogP contribution in [0.1, 0.15) is 18.1 Å². The Balaban J connectivity index is 2.04. The lowest BCUT2D eigenvalue weighted by atomic mass is 10.2. The van der Waals surface area contributed by atoms with Crippen molar-refractivity contribution in [2.75, 3.05) is 5.32 Å². The van der Waals surface area contributed by atoms with Crippen LogP contribution in [0, 0.1) is 13.8 Å². The Hall–Kier alpha value is -1.71. The Morgan fingerprint density at radius 2 is 1.82 bits per heavy atom. The van der Waals surface area contributed by atoms with Crippen molar-refractivity contribution in [3.05, 3.63) is 57.6 Å². The second-order valence-corrected chi connectivity index (χ2v) is 5.96. The molecule has 0 saturated heterocycles. The Bertz CT molecular complexity index is 701.